The van der Waals surface area contributed by atoms with Gasteiger partial charge in [-0.1, -0.05) is 0 Å². The second-order valence-electron chi connectivity index (χ2n) is 4.36. The quantitative estimate of drug-likeness (QED) is 0.904. The predicted octanol–water partition coefficient (Wildman–Crippen LogP) is 2.12. The number of anilines is 1. The Labute approximate surface area is 112 Å². The van der Waals surface area contributed by atoms with Gasteiger partial charge >= 0.3 is 0 Å². The van der Waals surface area contributed by atoms with Crippen LogP contribution in [0.15, 0.2) is 23.2 Å². The Bertz CT molecular complexity index is 486. The first-order chi connectivity index (χ1) is 9.24. The summed E-state index contributed by atoms with van der Waals surface area (Å²) in [6.45, 7) is 0.812. The van der Waals surface area contributed by atoms with E-state index in [4.69, 9.17) is 9.47 Å². The third kappa shape index (κ3) is 3.24. The summed E-state index contributed by atoms with van der Waals surface area (Å²) in [4.78, 5) is 16.3. The molecule has 1 aliphatic heterocycles. The predicted molar refractivity (Wildman–Crippen MR) is 74.3 cm³/mol. The Morgan fingerprint density at radius 3 is 2.84 bits per heavy atom. The summed E-state index contributed by atoms with van der Waals surface area (Å²) in [7, 11) is 3.15. The lowest BCUT2D eigenvalue weighted by Gasteiger charge is -2.17. The van der Waals surface area contributed by atoms with Crippen LogP contribution in [0.5, 0.6) is 11.5 Å². The fourth-order valence-electron chi connectivity index (χ4n) is 2.01. The lowest BCUT2D eigenvalue weighted by Crippen LogP contribution is -2.26. The van der Waals surface area contributed by atoms with Gasteiger partial charge in [0.1, 0.15) is 11.5 Å². The summed E-state index contributed by atoms with van der Waals surface area (Å²) < 4.78 is 10.4. The number of methoxy groups -OCH3 is 2. The monoisotopic (exact) mass is 262 g/mol. The zero-order valence-electron chi connectivity index (χ0n) is 11.2. The van der Waals surface area contributed by atoms with Crippen LogP contribution in [0.3, 0.4) is 0 Å². The van der Waals surface area contributed by atoms with E-state index in [9.17, 15) is 4.79 Å². The lowest BCUT2D eigenvalue weighted by molar-refractivity contribution is -0.118. The molecule has 1 aromatic carbocycles. The van der Waals surface area contributed by atoms with Crippen LogP contribution in [0.4, 0.5) is 5.69 Å². The number of aliphatic imine (C=N–C) groups is 1. The van der Waals surface area contributed by atoms with E-state index in [1.54, 1.807) is 38.6 Å². The van der Waals surface area contributed by atoms with Crippen molar-refractivity contribution in [3.8, 4) is 11.5 Å². The van der Waals surface area contributed by atoms with E-state index in [1.807, 2.05) is 0 Å². The van der Waals surface area contributed by atoms with Crippen molar-refractivity contribution >= 4 is 17.8 Å². The standard InChI is InChI=1S/C14H18N2O3/c1-18-11-5-6-13(19-2)12(8-11)16-14(17)10-4-3-7-15-9-10/h5-6,8-10H,3-4,7H2,1-2H3,(H,16,17). The molecule has 5 heteroatoms. The Hall–Kier alpha value is -2.04. The summed E-state index contributed by atoms with van der Waals surface area (Å²) >= 11 is 0. The Kier molecular flexibility index (Phi) is 4.39. The molecule has 1 aliphatic rings. The van der Waals surface area contributed by atoms with Gasteiger partial charge in [-0.15, -0.1) is 0 Å². The van der Waals surface area contributed by atoms with Crippen LogP contribution in [0.1, 0.15) is 12.8 Å². The zero-order chi connectivity index (χ0) is 13.7. The number of rotatable bonds is 4. The van der Waals surface area contributed by atoms with Gasteiger partial charge in [-0.2, -0.15) is 0 Å². The maximum atomic E-state index is 12.1. The average molecular weight is 262 g/mol. The molecule has 0 aromatic heterocycles. The summed E-state index contributed by atoms with van der Waals surface area (Å²) in [5, 5.41) is 2.87. The van der Waals surface area contributed by atoms with Gasteiger partial charge in [0.05, 0.1) is 25.8 Å². The van der Waals surface area contributed by atoms with Crippen molar-refractivity contribution in [2.45, 2.75) is 12.8 Å². The van der Waals surface area contributed by atoms with E-state index in [-0.39, 0.29) is 11.8 Å². The molecule has 102 valence electrons. The number of nitrogens with zero attached hydrogens (tertiary/aromatic N) is 1. The van der Waals surface area contributed by atoms with Crippen molar-refractivity contribution < 1.29 is 14.3 Å². The minimum absolute atomic E-state index is 0.0602. The van der Waals surface area contributed by atoms with Gasteiger partial charge in [-0.25, -0.2) is 0 Å². The molecule has 0 saturated carbocycles. The van der Waals surface area contributed by atoms with Gasteiger partial charge in [0, 0.05) is 18.8 Å². The minimum atomic E-state index is -0.162. The molecule has 1 amide bonds. The van der Waals surface area contributed by atoms with Crippen molar-refractivity contribution in [3.63, 3.8) is 0 Å². The summed E-state index contributed by atoms with van der Waals surface area (Å²) in [5.74, 6) is 1.06. The van der Waals surface area contributed by atoms with E-state index in [2.05, 4.69) is 10.3 Å². The van der Waals surface area contributed by atoms with E-state index in [1.165, 1.54) is 0 Å². The summed E-state index contributed by atoms with van der Waals surface area (Å²) in [6.07, 6.45) is 3.51. The lowest BCUT2D eigenvalue weighted by atomic mass is 10.0. The van der Waals surface area contributed by atoms with Gasteiger partial charge in [0.15, 0.2) is 0 Å². The molecule has 0 bridgehead atoms. The van der Waals surface area contributed by atoms with Crippen LogP contribution in [-0.2, 0) is 4.79 Å². The fraction of sp³-hybridized carbons (Fsp3) is 0.429. The number of nitrogens with one attached hydrogen (secondary N) is 1. The number of hydrogen-bond donors (Lipinski definition) is 1. The third-order valence-electron chi connectivity index (χ3n) is 3.09. The SMILES string of the molecule is COc1ccc(OC)c(NC(=O)C2C=NCCC2)c1. The molecule has 1 unspecified atom stereocenters. The van der Waals surface area contributed by atoms with Crippen molar-refractivity contribution in [3.05, 3.63) is 18.2 Å². The smallest absolute Gasteiger partial charge is 0.232 e. The molecule has 1 N–H and O–H groups in total. The molecule has 1 atom stereocenters. The summed E-state index contributed by atoms with van der Waals surface area (Å²) in [6, 6.07) is 5.30. The first kappa shape index (κ1) is 13.4. The van der Waals surface area contributed by atoms with E-state index in [0.717, 1.165) is 19.4 Å². The Morgan fingerprint density at radius 2 is 2.21 bits per heavy atom. The number of benzene rings is 1. The molecule has 1 heterocycles. The molecule has 0 saturated heterocycles. The third-order valence-corrected chi connectivity index (χ3v) is 3.09. The number of hydrogen-bond acceptors (Lipinski definition) is 4. The fourth-order valence-corrected chi connectivity index (χ4v) is 2.01. The van der Waals surface area contributed by atoms with Gasteiger partial charge < -0.3 is 14.8 Å². The van der Waals surface area contributed by atoms with Crippen LogP contribution in [0.25, 0.3) is 0 Å². The molecule has 0 radical (unpaired) electrons. The minimum Gasteiger partial charge on any atom is -0.497 e. The van der Waals surface area contributed by atoms with Crippen molar-refractivity contribution in [1.29, 1.82) is 0 Å². The molecular weight excluding hydrogens is 244 g/mol. The van der Waals surface area contributed by atoms with Crippen LogP contribution in [0.2, 0.25) is 0 Å². The van der Waals surface area contributed by atoms with Gasteiger partial charge in [-0.3, -0.25) is 9.79 Å². The van der Waals surface area contributed by atoms with Gasteiger partial charge in [0.25, 0.3) is 0 Å². The molecular formula is C14H18N2O3. The first-order valence-electron chi connectivity index (χ1n) is 6.27. The largest absolute Gasteiger partial charge is 0.497 e. The molecule has 0 aliphatic carbocycles. The Morgan fingerprint density at radius 1 is 1.37 bits per heavy atom. The van der Waals surface area contributed by atoms with E-state index in [0.29, 0.717) is 17.2 Å². The highest BCUT2D eigenvalue weighted by atomic mass is 16.5. The number of carbonyl (C=O) groups excluding carboxylic acids is 1. The highest BCUT2D eigenvalue weighted by Crippen LogP contribution is 2.29. The second kappa shape index (κ2) is 6.22. The molecule has 19 heavy (non-hydrogen) atoms. The van der Waals surface area contributed by atoms with Crippen molar-refractivity contribution in [2.24, 2.45) is 10.9 Å². The topological polar surface area (TPSA) is 59.9 Å². The van der Waals surface area contributed by atoms with Gasteiger partial charge in [0.2, 0.25) is 5.91 Å². The first-order valence-corrected chi connectivity index (χ1v) is 6.27. The van der Waals surface area contributed by atoms with E-state index < -0.39 is 0 Å². The molecule has 5 nitrogen and oxygen atoms in total. The average Bonchev–Trinajstić information content (AvgIpc) is 2.48. The highest BCUT2D eigenvalue weighted by Gasteiger charge is 2.19. The van der Waals surface area contributed by atoms with Crippen molar-refractivity contribution in [1.82, 2.24) is 0 Å². The summed E-state index contributed by atoms with van der Waals surface area (Å²) in [5.41, 5.74) is 0.617. The Balaban J connectivity index is 2.14. The maximum Gasteiger partial charge on any atom is 0.232 e. The zero-order valence-corrected chi connectivity index (χ0v) is 11.2. The van der Waals surface area contributed by atoms with Crippen LogP contribution in [0, 0.1) is 5.92 Å². The normalized spacial score (nSPS) is 17.9. The highest BCUT2D eigenvalue weighted by molar-refractivity contribution is 6.02. The van der Waals surface area contributed by atoms with Crippen LogP contribution >= 0.6 is 0 Å². The van der Waals surface area contributed by atoms with E-state index >= 15 is 0 Å². The van der Waals surface area contributed by atoms with Crippen LogP contribution in [-0.4, -0.2) is 32.9 Å². The second-order valence-corrected chi connectivity index (χ2v) is 4.36. The molecule has 1 aromatic rings. The number of amides is 1. The van der Waals surface area contributed by atoms with Crippen molar-refractivity contribution in [2.75, 3.05) is 26.1 Å². The van der Waals surface area contributed by atoms with Gasteiger partial charge in [-0.05, 0) is 25.0 Å². The molecule has 0 spiro atoms. The molecule has 0 fully saturated rings. The maximum absolute atomic E-state index is 12.1. The number of carbonyl (C=O) groups is 1. The number of ether oxygens (including phenoxy) is 2. The van der Waals surface area contributed by atoms with Crippen LogP contribution < -0.4 is 14.8 Å². The molecule has 2 rings (SSSR count).